The van der Waals surface area contributed by atoms with E-state index in [4.69, 9.17) is 9.47 Å². The Hall–Kier alpha value is -7.64. The number of anilines is 6. The van der Waals surface area contributed by atoms with Gasteiger partial charge in [-0.2, -0.15) is 0 Å². The zero-order valence-corrected chi connectivity index (χ0v) is 37.1. The quantitative estimate of drug-likeness (QED) is 0.115. The summed E-state index contributed by atoms with van der Waals surface area (Å²) in [6.45, 7) is 0. The summed E-state index contributed by atoms with van der Waals surface area (Å²) >= 11 is 3.68. The fraction of sp³-hybridized carbons (Fsp3) is 0.0345. The second kappa shape index (κ2) is 18.4. The van der Waals surface area contributed by atoms with Crippen molar-refractivity contribution in [1.82, 2.24) is 0 Å². The normalized spacial score (nSPS) is 11.0. The van der Waals surface area contributed by atoms with E-state index < -0.39 is 0 Å². The number of benzene rings is 8. The molecule has 64 heavy (non-hydrogen) atoms. The predicted molar refractivity (Wildman–Crippen MR) is 272 cm³/mol. The fourth-order valence-corrected chi connectivity index (χ4v) is 11.3. The Morgan fingerprint density at radius 3 is 0.797 bits per heavy atom. The summed E-state index contributed by atoms with van der Waals surface area (Å²) in [6, 6.07) is 81.7. The van der Waals surface area contributed by atoms with Crippen molar-refractivity contribution in [2.24, 2.45) is 0 Å². The average molecular weight is 865 g/mol. The highest BCUT2D eigenvalue weighted by atomic mass is 32.1. The molecule has 0 spiro atoms. The van der Waals surface area contributed by atoms with Crippen LogP contribution in [0.1, 0.15) is 0 Å². The first kappa shape index (κ1) is 40.4. The van der Waals surface area contributed by atoms with Crippen LogP contribution in [0.25, 0.3) is 54.3 Å². The zero-order valence-electron chi connectivity index (χ0n) is 35.5. The van der Waals surface area contributed by atoms with Crippen molar-refractivity contribution in [2.75, 3.05) is 24.0 Å². The van der Waals surface area contributed by atoms with E-state index >= 15 is 0 Å². The van der Waals surface area contributed by atoms with Gasteiger partial charge in [0.25, 0.3) is 0 Å². The monoisotopic (exact) mass is 864 g/mol. The molecule has 310 valence electrons. The molecule has 6 heteroatoms. The maximum Gasteiger partial charge on any atom is 0.118 e. The van der Waals surface area contributed by atoms with E-state index in [1.165, 1.54) is 20.9 Å². The van der Waals surface area contributed by atoms with Gasteiger partial charge >= 0.3 is 0 Å². The number of thiophene rings is 2. The van der Waals surface area contributed by atoms with Crippen LogP contribution in [0.15, 0.2) is 231 Å². The summed E-state index contributed by atoms with van der Waals surface area (Å²) in [4.78, 5) is 7.19. The molecule has 0 unspecified atom stereocenters. The van der Waals surface area contributed by atoms with E-state index in [9.17, 15) is 0 Å². The molecule has 0 amide bonds. The third-order valence-corrected chi connectivity index (χ3v) is 13.8. The van der Waals surface area contributed by atoms with Crippen LogP contribution < -0.4 is 19.3 Å². The molecule has 0 radical (unpaired) electrons. The van der Waals surface area contributed by atoms with E-state index in [1.54, 1.807) is 14.2 Å². The Bertz CT molecular complexity index is 2790. The van der Waals surface area contributed by atoms with E-state index in [1.807, 2.05) is 22.7 Å². The summed E-state index contributed by atoms with van der Waals surface area (Å²) < 4.78 is 11.4. The molecule has 0 saturated heterocycles. The maximum atomic E-state index is 5.72. The molecule has 0 aliphatic heterocycles. The number of hydrogen-bond acceptors (Lipinski definition) is 6. The number of methoxy groups -OCH3 is 2. The van der Waals surface area contributed by atoms with Crippen molar-refractivity contribution in [3.63, 3.8) is 0 Å². The van der Waals surface area contributed by atoms with Crippen molar-refractivity contribution in [3.05, 3.63) is 231 Å². The number of ether oxygens (including phenoxy) is 2. The zero-order chi connectivity index (χ0) is 43.2. The van der Waals surface area contributed by atoms with Crippen LogP contribution >= 0.6 is 22.7 Å². The molecule has 0 aliphatic carbocycles. The molecule has 0 N–H and O–H groups in total. The van der Waals surface area contributed by atoms with Crippen molar-refractivity contribution in [1.29, 1.82) is 0 Å². The van der Waals surface area contributed by atoms with Gasteiger partial charge in [0.1, 0.15) is 21.5 Å². The van der Waals surface area contributed by atoms with E-state index in [-0.39, 0.29) is 0 Å². The summed E-state index contributed by atoms with van der Waals surface area (Å²) in [5.74, 6) is 1.62. The lowest BCUT2D eigenvalue weighted by atomic mass is 9.91. The van der Waals surface area contributed by atoms with Gasteiger partial charge in [-0.25, -0.2) is 0 Å². The third kappa shape index (κ3) is 7.86. The minimum Gasteiger partial charge on any atom is -0.497 e. The molecule has 0 atom stereocenters. The van der Waals surface area contributed by atoms with Gasteiger partial charge in [-0.15, -0.1) is 22.7 Å². The smallest absolute Gasteiger partial charge is 0.118 e. The highest BCUT2D eigenvalue weighted by Crippen LogP contribution is 2.62. The Labute approximate surface area is 383 Å². The molecule has 10 aromatic rings. The average Bonchev–Trinajstić information content (AvgIpc) is 3.96. The SMILES string of the molecule is COc1ccc(-c2c(N(c3ccccc3)c3ccccc3)sc(-c3sc(N(c4ccccc4)c4ccccc4)c(-c4ccc(OC)cc4)c3-c3ccccc3)c2-c2ccccc2)cc1. The number of hydrogen-bond donors (Lipinski definition) is 0. The second-order valence-electron chi connectivity index (χ2n) is 15.2. The Balaban J connectivity index is 1.38. The van der Waals surface area contributed by atoms with Gasteiger partial charge in [-0.1, -0.05) is 158 Å². The highest BCUT2D eigenvalue weighted by Gasteiger charge is 2.33. The van der Waals surface area contributed by atoms with Crippen LogP contribution in [0, 0.1) is 0 Å². The standard InChI is InChI=1S/C58H44N2O2S2/c1-61-49-37-33-43(34-38-49)53-51(41-21-9-3-10-22-41)55(63-57(53)59(45-25-13-5-14-26-45)46-27-15-6-16-28-46)56-52(42-23-11-4-12-24-42)54(44-35-39-50(62-2)40-36-44)58(64-56)60(47-29-17-7-18-30-47)48-31-19-8-20-32-48/h3-40H,1-2H3. The first-order valence-corrected chi connectivity index (χ1v) is 22.9. The van der Waals surface area contributed by atoms with Crippen molar-refractivity contribution in [2.45, 2.75) is 0 Å². The second-order valence-corrected chi connectivity index (χ2v) is 17.2. The lowest BCUT2D eigenvalue weighted by molar-refractivity contribution is 0.415. The summed E-state index contributed by atoms with van der Waals surface area (Å²) in [6.07, 6.45) is 0. The van der Waals surface area contributed by atoms with Gasteiger partial charge < -0.3 is 19.3 Å². The molecule has 4 nitrogen and oxygen atoms in total. The Morgan fingerprint density at radius 1 is 0.281 bits per heavy atom. The predicted octanol–water partition coefficient (Wildman–Crippen LogP) is 17.1. The van der Waals surface area contributed by atoms with Crippen molar-refractivity contribution < 1.29 is 9.47 Å². The van der Waals surface area contributed by atoms with Crippen LogP contribution in [0.5, 0.6) is 11.5 Å². The van der Waals surface area contributed by atoms with Crippen LogP contribution in [-0.2, 0) is 0 Å². The van der Waals surface area contributed by atoms with Gasteiger partial charge in [0.05, 0.1) is 24.0 Å². The van der Waals surface area contributed by atoms with Crippen molar-refractivity contribution in [3.8, 4) is 65.8 Å². The lowest BCUT2D eigenvalue weighted by Gasteiger charge is -2.25. The van der Waals surface area contributed by atoms with Crippen LogP contribution in [0.2, 0.25) is 0 Å². The van der Waals surface area contributed by atoms with Crippen LogP contribution in [-0.4, -0.2) is 14.2 Å². The van der Waals surface area contributed by atoms with Crippen LogP contribution in [0.3, 0.4) is 0 Å². The van der Waals surface area contributed by atoms with Gasteiger partial charge in [0.15, 0.2) is 0 Å². The molecule has 0 bridgehead atoms. The molecule has 0 saturated carbocycles. The Morgan fingerprint density at radius 2 is 0.531 bits per heavy atom. The largest absolute Gasteiger partial charge is 0.497 e. The number of para-hydroxylation sites is 4. The highest BCUT2D eigenvalue weighted by molar-refractivity contribution is 7.27. The summed E-state index contributed by atoms with van der Waals surface area (Å²) in [5, 5.41) is 2.22. The number of rotatable bonds is 13. The number of nitrogens with zero attached hydrogens (tertiary/aromatic N) is 2. The molecule has 0 fully saturated rings. The first-order chi connectivity index (χ1) is 31.7. The van der Waals surface area contributed by atoms with Gasteiger partial charge in [0.2, 0.25) is 0 Å². The van der Waals surface area contributed by atoms with Crippen molar-refractivity contribution >= 4 is 55.4 Å². The first-order valence-electron chi connectivity index (χ1n) is 21.2. The lowest BCUT2D eigenvalue weighted by Crippen LogP contribution is -2.09. The minimum atomic E-state index is 0.810. The Kier molecular flexibility index (Phi) is 11.6. The van der Waals surface area contributed by atoms with Crippen LogP contribution in [0.4, 0.5) is 32.8 Å². The summed E-state index contributed by atoms with van der Waals surface area (Å²) in [5.41, 5.74) is 13.4. The molecular weight excluding hydrogens is 821 g/mol. The van der Waals surface area contributed by atoms with E-state index in [0.717, 1.165) is 77.6 Å². The van der Waals surface area contributed by atoms with Gasteiger partial charge in [-0.3, -0.25) is 0 Å². The van der Waals surface area contributed by atoms with E-state index in [2.05, 4.69) is 240 Å². The molecule has 2 heterocycles. The molecular formula is C58H44N2O2S2. The fourth-order valence-electron chi connectivity index (χ4n) is 8.36. The molecule has 10 rings (SSSR count). The maximum absolute atomic E-state index is 5.72. The molecule has 8 aromatic carbocycles. The molecule has 2 aromatic heterocycles. The third-order valence-electron chi connectivity index (χ3n) is 11.3. The topological polar surface area (TPSA) is 24.9 Å². The van der Waals surface area contributed by atoms with Gasteiger partial charge in [-0.05, 0) is 95.1 Å². The van der Waals surface area contributed by atoms with E-state index in [0.29, 0.717) is 0 Å². The van der Waals surface area contributed by atoms with Gasteiger partial charge in [0, 0.05) is 45.0 Å². The minimum absolute atomic E-state index is 0.810. The molecule has 0 aliphatic rings. The summed E-state index contributed by atoms with van der Waals surface area (Å²) in [7, 11) is 3.44.